The molecule has 1 aliphatic rings. The van der Waals surface area contributed by atoms with Crippen LogP contribution in [0, 0.1) is 5.82 Å². The van der Waals surface area contributed by atoms with Gasteiger partial charge in [-0.25, -0.2) is 17.9 Å². The van der Waals surface area contributed by atoms with Crippen LogP contribution in [0.25, 0.3) is 11.3 Å². The van der Waals surface area contributed by atoms with Crippen LogP contribution in [0.1, 0.15) is 16.8 Å². The second-order valence-electron chi connectivity index (χ2n) is 9.39. The quantitative estimate of drug-likeness (QED) is 0.197. The van der Waals surface area contributed by atoms with Crippen molar-refractivity contribution in [3.05, 3.63) is 120 Å². The van der Waals surface area contributed by atoms with Crippen molar-refractivity contribution in [3.63, 3.8) is 0 Å². The largest absolute Gasteiger partial charge is 0.416 e. The highest BCUT2D eigenvalue weighted by Crippen LogP contribution is 2.31. The van der Waals surface area contributed by atoms with E-state index in [2.05, 4.69) is 20.6 Å². The first-order valence-electron chi connectivity index (χ1n) is 12.9. The van der Waals surface area contributed by atoms with E-state index >= 15 is 0 Å². The van der Waals surface area contributed by atoms with Crippen molar-refractivity contribution in [1.82, 2.24) is 19.6 Å². The number of amides is 1. The van der Waals surface area contributed by atoms with Crippen molar-refractivity contribution in [2.75, 3.05) is 11.9 Å². The van der Waals surface area contributed by atoms with Crippen molar-refractivity contribution >= 4 is 22.7 Å². The van der Waals surface area contributed by atoms with Gasteiger partial charge in [0.15, 0.2) is 0 Å². The zero-order valence-electron chi connectivity index (χ0n) is 22.0. The maximum Gasteiger partial charge on any atom is 0.416 e. The van der Waals surface area contributed by atoms with Crippen LogP contribution in [0.2, 0.25) is 0 Å². The third-order valence-electron chi connectivity index (χ3n) is 6.45. The number of nitrogens with one attached hydrogen (secondary N) is 2. The molecular formula is C30H25F4N5O2S. The van der Waals surface area contributed by atoms with Crippen LogP contribution < -0.4 is 10.6 Å². The standard InChI is InChI=1S/C30H25F4N5O2S/c31-23-10-12-25(13-11-23)42(41)39-15-3-5-27(39)29(40)37-18-20-16-26(21-6-8-22(9-7-21)30(32,33)34)38-28(17-20)36-19-24-4-1-2-14-35-24/h1-14,16-17,27H,15,18-19H2,(H,36,38)(H,37,40)/t27-,42?/m0/s1. The highest BCUT2D eigenvalue weighted by Gasteiger charge is 2.32. The summed E-state index contributed by atoms with van der Waals surface area (Å²) in [6.07, 6.45) is 0.585. The minimum absolute atomic E-state index is 0.0780. The van der Waals surface area contributed by atoms with E-state index in [1.54, 1.807) is 36.5 Å². The van der Waals surface area contributed by atoms with E-state index in [-0.39, 0.29) is 13.1 Å². The fraction of sp³-hybridized carbons (Fsp3) is 0.167. The number of carbonyl (C=O) groups excluding carboxylic acids is 1. The lowest BCUT2D eigenvalue weighted by Crippen LogP contribution is -2.43. The van der Waals surface area contributed by atoms with E-state index < -0.39 is 40.5 Å². The number of anilines is 1. The number of nitrogens with zero attached hydrogens (tertiary/aromatic N) is 3. The van der Waals surface area contributed by atoms with E-state index in [4.69, 9.17) is 0 Å². The first-order chi connectivity index (χ1) is 20.2. The summed E-state index contributed by atoms with van der Waals surface area (Å²) in [4.78, 5) is 22.4. The minimum Gasteiger partial charge on any atom is -0.364 e. The normalized spacial score (nSPS) is 15.9. The Morgan fingerprint density at radius 1 is 1.00 bits per heavy atom. The second kappa shape index (κ2) is 12.6. The average Bonchev–Trinajstić information content (AvgIpc) is 3.49. The summed E-state index contributed by atoms with van der Waals surface area (Å²) in [6.45, 7) is 0.707. The summed E-state index contributed by atoms with van der Waals surface area (Å²) >= 11 is 0. The van der Waals surface area contributed by atoms with Crippen molar-refractivity contribution in [2.45, 2.75) is 30.2 Å². The first-order valence-corrected chi connectivity index (χ1v) is 14.0. The van der Waals surface area contributed by atoms with Gasteiger partial charge in [-0.2, -0.15) is 13.2 Å². The fourth-order valence-corrected chi connectivity index (χ4v) is 5.55. The van der Waals surface area contributed by atoms with Gasteiger partial charge in [-0.3, -0.25) is 9.78 Å². The van der Waals surface area contributed by atoms with Gasteiger partial charge in [-0.15, -0.1) is 0 Å². The molecule has 5 rings (SSSR count). The van der Waals surface area contributed by atoms with Crippen molar-refractivity contribution in [2.24, 2.45) is 0 Å². The molecule has 0 radical (unpaired) electrons. The Kier molecular flexibility index (Phi) is 8.74. The molecule has 216 valence electrons. The van der Waals surface area contributed by atoms with Crippen LogP contribution >= 0.6 is 0 Å². The van der Waals surface area contributed by atoms with Crippen LogP contribution in [-0.2, 0) is 35.0 Å². The van der Waals surface area contributed by atoms with Crippen LogP contribution in [0.5, 0.6) is 0 Å². The molecule has 3 heterocycles. The summed E-state index contributed by atoms with van der Waals surface area (Å²) in [5.41, 5.74) is 1.52. The number of rotatable bonds is 9. The molecule has 7 nitrogen and oxygen atoms in total. The Bertz CT molecular complexity index is 1600. The molecule has 1 unspecified atom stereocenters. The van der Waals surface area contributed by atoms with Gasteiger partial charge in [0.2, 0.25) is 5.91 Å². The number of alkyl halides is 3. The summed E-state index contributed by atoms with van der Waals surface area (Å²) < 4.78 is 67.1. The number of pyridine rings is 2. The minimum atomic E-state index is -4.46. The van der Waals surface area contributed by atoms with E-state index in [1.807, 2.05) is 12.1 Å². The summed E-state index contributed by atoms with van der Waals surface area (Å²) in [7, 11) is -1.69. The summed E-state index contributed by atoms with van der Waals surface area (Å²) in [6, 6.07) is 18.0. The lowest BCUT2D eigenvalue weighted by molar-refractivity contribution is -0.137. The SMILES string of the molecule is O=C(NCc1cc(NCc2ccccn2)nc(-c2ccc(C(F)(F)F)cc2)c1)[C@@H]1C=CCN1S(=O)c1ccc(F)cc1. The van der Waals surface area contributed by atoms with E-state index in [0.29, 0.717) is 34.1 Å². The van der Waals surface area contributed by atoms with E-state index in [1.165, 1.54) is 40.7 Å². The predicted octanol–water partition coefficient (Wildman–Crippen LogP) is 5.49. The molecular weight excluding hydrogens is 570 g/mol. The zero-order valence-corrected chi connectivity index (χ0v) is 22.8. The van der Waals surface area contributed by atoms with Gasteiger partial charge in [0.05, 0.1) is 28.4 Å². The molecule has 0 bridgehead atoms. The lowest BCUT2D eigenvalue weighted by atomic mass is 10.1. The number of aromatic nitrogens is 2. The number of benzene rings is 2. The number of hydrogen-bond donors (Lipinski definition) is 2. The fourth-order valence-electron chi connectivity index (χ4n) is 4.31. The van der Waals surface area contributed by atoms with Gasteiger partial charge in [0.25, 0.3) is 0 Å². The number of hydrogen-bond acceptors (Lipinski definition) is 5. The molecule has 0 saturated carbocycles. The molecule has 0 aliphatic carbocycles. The third-order valence-corrected chi connectivity index (χ3v) is 7.93. The van der Waals surface area contributed by atoms with Gasteiger partial charge in [0, 0.05) is 24.8 Å². The lowest BCUT2D eigenvalue weighted by Gasteiger charge is -2.22. The van der Waals surface area contributed by atoms with Gasteiger partial charge in [-0.05, 0) is 66.2 Å². The Balaban J connectivity index is 1.34. The third kappa shape index (κ3) is 7.07. The highest BCUT2D eigenvalue weighted by molar-refractivity contribution is 7.82. The molecule has 2 atom stereocenters. The summed E-state index contributed by atoms with van der Waals surface area (Å²) in [5.74, 6) is -0.399. The molecule has 0 saturated heterocycles. The molecule has 4 aromatic rings. The van der Waals surface area contributed by atoms with E-state index in [9.17, 15) is 26.6 Å². The Morgan fingerprint density at radius 3 is 2.45 bits per heavy atom. The van der Waals surface area contributed by atoms with Crippen LogP contribution in [0.15, 0.2) is 102 Å². The molecule has 42 heavy (non-hydrogen) atoms. The molecule has 2 N–H and O–H groups in total. The van der Waals surface area contributed by atoms with Gasteiger partial charge >= 0.3 is 6.18 Å². The van der Waals surface area contributed by atoms with Gasteiger partial charge in [-0.1, -0.05) is 30.4 Å². The van der Waals surface area contributed by atoms with Crippen molar-refractivity contribution < 1.29 is 26.6 Å². The highest BCUT2D eigenvalue weighted by atomic mass is 32.2. The molecule has 12 heteroatoms. The molecule has 1 aliphatic heterocycles. The predicted molar refractivity (Wildman–Crippen MR) is 151 cm³/mol. The topological polar surface area (TPSA) is 87.2 Å². The average molecular weight is 596 g/mol. The maximum absolute atomic E-state index is 13.3. The van der Waals surface area contributed by atoms with Crippen molar-refractivity contribution in [3.8, 4) is 11.3 Å². The first kappa shape index (κ1) is 29.1. The molecule has 0 spiro atoms. The number of halogens is 4. The maximum atomic E-state index is 13.3. The molecule has 1 amide bonds. The van der Waals surface area contributed by atoms with Crippen LogP contribution in [0.3, 0.4) is 0 Å². The smallest absolute Gasteiger partial charge is 0.364 e. The van der Waals surface area contributed by atoms with Crippen LogP contribution in [0.4, 0.5) is 23.4 Å². The zero-order chi connectivity index (χ0) is 29.7. The van der Waals surface area contributed by atoms with Gasteiger partial charge in [0.1, 0.15) is 28.7 Å². The molecule has 2 aromatic carbocycles. The molecule has 0 fully saturated rings. The monoisotopic (exact) mass is 595 g/mol. The number of carbonyl (C=O) groups is 1. The molecule has 2 aromatic heterocycles. The summed E-state index contributed by atoms with van der Waals surface area (Å²) in [5, 5.41) is 6.03. The van der Waals surface area contributed by atoms with Crippen LogP contribution in [-0.4, -0.2) is 37.0 Å². The van der Waals surface area contributed by atoms with Gasteiger partial charge < -0.3 is 10.6 Å². The Labute approximate surface area is 241 Å². The second-order valence-corrected chi connectivity index (χ2v) is 10.8. The Hall–Kier alpha value is -4.42. The Morgan fingerprint density at radius 2 is 1.76 bits per heavy atom. The van der Waals surface area contributed by atoms with Crippen molar-refractivity contribution in [1.29, 1.82) is 0 Å². The van der Waals surface area contributed by atoms with E-state index in [0.717, 1.165) is 17.8 Å².